The first kappa shape index (κ1) is 13.8. The minimum absolute atomic E-state index is 0.0118. The lowest BCUT2D eigenvalue weighted by Crippen LogP contribution is -2.54. The number of aliphatic hydroxyl groups excluding tert-OH is 1. The van der Waals surface area contributed by atoms with Crippen molar-refractivity contribution in [3.05, 3.63) is 11.6 Å². The summed E-state index contributed by atoms with van der Waals surface area (Å²) in [6.45, 7) is 7.43. The van der Waals surface area contributed by atoms with Crippen LogP contribution >= 0.6 is 0 Å². The van der Waals surface area contributed by atoms with E-state index in [9.17, 15) is 15.0 Å². The zero-order chi connectivity index (χ0) is 13.7. The highest BCUT2D eigenvalue weighted by molar-refractivity contribution is 5.95. The number of carbonyl (C=O) groups is 1. The quantitative estimate of drug-likeness (QED) is 0.805. The zero-order valence-electron chi connectivity index (χ0n) is 11.7. The van der Waals surface area contributed by atoms with E-state index in [1.54, 1.807) is 19.9 Å². The van der Waals surface area contributed by atoms with E-state index < -0.39 is 11.7 Å². The van der Waals surface area contributed by atoms with Gasteiger partial charge in [-0.05, 0) is 57.4 Å². The predicted octanol–water partition coefficient (Wildman–Crippen LogP) is 2.07. The van der Waals surface area contributed by atoms with E-state index in [2.05, 4.69) is 6.92 Å². The van der Waals surface area contributed by atoms with E-state index in [1.165, 1.54) is 5.57 Å². The molecular formula is C15H24O3. The van der Waals surface area contributed by atoms with Gasteiger partial charge in [-0.2, -0.15) is 0 Å². The van der Waals surface area contributed by atoms with Crippen molar-refractivity contribution in [1.29, 1.82) is 0 Å². The molecule has 3 aliphatic carbocycles. The van der Waals surface area contributed by atoms with Crippen LogP contribution in [0.4, 0.5) is 0 Å². The number of rotatable bonds is 4. The smallest absolute Gasteiger partial charge is 0.159 e. The van der Waals surface area contributed by atoms with Crippen LogP contribution in [0.5, 0.6) is 0 Å². The third-order valence-electron chi connectivity index (χ3n) is 5.10. The topological polar surface area (TPSA) is 57.5 Å². The second-order valence-corrected chi connectivity index (χ2v) is 6.85. The van der Waals surface area contributed by atoms with Crippen LogP contribution in [0.1, 0.15) is 47.0 Å². The highest BCUT2D eigenvalue weighted by Gasteiger charge is 2.56. The molecule has 0 aromatic carbocycles. The first-order chi connectivity index (χ1) is 8.16. The second kappa shape index (κ2) is 4.17. The average molecular weight is 252 g/mol. The maximum atomic E-state index is 11.9. The molecule has 0 aliphatic heterocycles. The second-order valence-electron chi connectivity index (χ2n) is 6.85. The molecule has 0 aromatic rings. The molecular weight excluding hydrogens is 228 g/mol. The van der Waals surface area contributed by atoms with Gasteiger partial charge in [0, 0.05) is 5.92 Å². The summed E-state index contributed by atoms with van der Waals surface area (Å²) < 4.78 is 0. The Morgan fingerprint density at radius 3 is 2.56 bits per heavy atom. The van der Waals surface area contributed by atoms with E-state index in [-0.39, 0.29) is 17.1 Å². The maximum absolute atomic E-state index is 11.9. The van der Waals surface area contributed by atoms with Crippen molar-refractivity contribution in [1.82, 2.24) is 0 Å². The summed E-state index contributed by atoms with van der Waals surface area (Å²) >= 11 is 0. The first-order valence-corrected chi connectivity index (χ1v) is 6.78. The Morgan fingerprint density at radius 2 is 2.11 bits per heavy atom. The molecule has 102 valence electrons. The molecule has 18 heavy (non-hydrogen) atoms. The highest BCUT2D eigenvalue weighted by Crippen LogP contribution is 2.60. The van der Waals surface area contributed by atoms with Gasteiger partial charge in [-0.3, -0.25) is 4.79 Å². The normalized spacial score (nSPS) is 37.0. The molecule has 1 fully saturated rings. The molecule has 2 N–H and O–H groups in total. The molecule has 3 nitrogen and oxygen atoms in total. The van der Waals surface area contributed by atoms with Gasteiger partial charge in [-0.15, -0.1) is 0 Å². The van der Waals surface area contributed by atoms with Gasteiger partial charge in [-0.25, -0.2) is 0 Å². The van der Waals surface area contributed by atoms with Gasteiger partial charge in [0.25, 0.3) is 0 Å². The van der Waals surface area contributed by atoms with Crippen LogP contribution < -0.4 is 0 Å². The number of hydrogen-bond donors (Lipinski definition) is 2. The van der Waals surface area contributed by atoms with Crippen molar-refractivity contribution in [2.24, 2.45) is 17.3 Å². The van der Waals surface area contributed by atoms with E-state index in [0.29, 0.717) is 12.3 Å². The average Bonchev–Trinajstić information content (AvgIpc) is 2.21. The van der Waals surface area contributed by atoms with Gasteiger partial charge < -0.3 is 10.2 Å². The molecule has 0 heterocycles. The molecule has 0 amide bonds. The molecule has 4 atom stereocenters. The van der Waals surface area contributed by atoms with Crippen LogP contribution in [-0.4, -0.2) is 27.7 Å². The first-order valence-electron chi connectivity index (χ1n) is 6.78. The standard InChI is InChI=1S/C15H24O3/c1-9-7-12(16)11-8-10(9)15(11,4)6-5-13(17)14(2,3)18/h7,10-11,13,17-18H,5-6,8H2,1-4H3. The van der Waals surface area contributed by atoms with E-state index in [1.807, 2.05) is 6.92 Å². The van der Waals surface area contributed by atoms with E-state index in [0.717, 1.165) is 12.8 Å². The van der Waals surface area contributed by atoms with Gasteiger partial charge in [0.05, 0.1) is 11.7 Å². The number of ketones is 1. The summed E-state index contributed by atoms with van der Waals surface area (Å²) in [5, 5.41) is 19.7. The Kier molecular flexibility index (Phi) is 3.19. The summed E-state index contributed by atoms with van der Waals surface area (Å²) in [4.78, 5) is 11.9. The number of allylic oxidation sites excluding steroid dienone is 2. The maximum Gasteiger partial charge on any atom is 0.159 e. The van der Waals surface area contributed by atoms with Gasteiger partial charge in [0.15, 0.2) is 5.78 Å². The third kappa shape index (κ3) is 2.04. The lowest BCUT2D eigenvalue weighted by Gasteiger charge is -2.57. The Hall–Kier alpha value is -0.670. The fourth-order valence-corrected chi connectivity index (χ4v) is 3.58. The Labute approximate surface area is 109 Å². The molecule has 0 aromatic heterocycles. The Morgan fingerprint density at radius 1 is 1.50 bits per heavy atom. The zero-order valence-corrected chi connectivity index (χ0v) is 11.7. The number of hydrogen-bond acceptors (Lipinski definition) is 3. The molecule has 3 heteroatoms. The predicted molar refractivity (Wildman–Crippen MR) is 70.0 cm³/mol. The Balaban J connectivity index is 2.03. The van der Waals surface area contributed by atoms with Crippen LogP contribution in [0.25, 0.3) is 0 Å². The monoisotopic (exact) mass is 252 g/mol. The van der Waals surface area contributed by atoms with Gasteiger partial charge in [0.1, 0.15) is 0 Å². The van der Waals surface area contributed by atoms with Crippen LogP contribution in [0.3, 0.4) is 0 Å². The highest BCUT2D eigenvalue weighted by atomic mass is 16.3. The number of aliphatic hydroxyl groups is 2. The summed E-state index contributed by atoms with van der Waals surface area (Å²) in [6, 6.07) is 0. The molecule has 0 radical (unpaired) electrons. The molecule has 0 saturated heterocycles. The lowest BCUT2D eigenvalue weighted by atomic mass is 9.46. The van der Waals surface area contributed by atoms with Gasteiger partial charge in [0.2, 0.25) is 0 Å². The number of carbonyl (C=O) groups excluding carboxylic acids is 1. The largest absolute Gasteiger partial charge is 0.390 e. The van der Waals surface area contributed by atoms with E-state index >= 15 is 0 Å². The van der Waals surface area contributed by atoms with Crippen molar-refractivity contribution < 1.29 is 15.0 Å². The molecule has 4 unspecified atom stereocenters. The van der Waals surface area contributed by atoms with Crippen LogP contribution in [0.15, 0.2) is 11.6 Å². The van der Waals surface area contributed by atoms with Crippen LogP contribution in [0.2, 0.25) is 0 Å². The summed E-state index contributed by atoms with van der Waals surface area (Å²) in [5.41, 5.74) is 0.106. The van der Waals surface area contributed by atoms with Crippen LogP contribution in [0, 0.1) is 17.3 Å². The molecule has 3 aliphatic rings. The molecule has 2 bridgehead atoms. The van der Waals surface area contributed by atoms with Gasteiger partial charge >= 0.3 is 0 Å². The minimum Gasteiger partial charge on any atom is -0.390 e. The Bertz CT molecular complexity index is 391. The third-order valence-corrected chi connectivity index (χ3v) is 5.10. The minimum atomic E-state index is -1.07. The molecule has 0 spiro atoms. The van der Waals surface area contributed by atoms with Crippen molar-refractivity contribution >= 4 is 5.78 Å². The SMILES string of the molecule is CC1=CC(=O)C2CC1C2(C)CCC(O)C(C)(C)O. The van der Waals surface area contributed by atoms with Gasteiger partial charge in [-0.1, -0.05) is 12.5 Å². The molecule has 3 rings (SSSR count). The fraction of sp³-hybridized carbons (Fsp3) is 0.800. The van der Waals surface area contributed by atoms with Crippen molar-refractivity contribution in [3.63, 3.8) is 0 Å². The van der Waals surface area contributed by atoms with Crippen LogP contribution in [-0.2, 0) is 4.79 Å². The van der Waals surface area contributed by atoms with Crippen molar-refractivity contribution in [3.8, 4) is 0 Å². The van der Waals surface area contributed by atoms with Crippen molar-refractivity contribution in [2.45, 2.75) is 58.7 Å². The summed E-state index contributed by atoms with van der Waals surface area (Å²) in [6.07, 6.45) is 3.37. The van der Waals surface area contributed by atoms with Crippen molar-refractivity contribution in [2.75, 3.05) is 0 Å². The summed E-state index contributed by atoms with van der Waals surface area (Å²) in [5.74, 6) is 0.852. The van der Waals surface area contributed by atoms with E-state index in [4.69, 9.17) is 0 Å². The fourth-order valence-electron chi connectivity index (χ4n) is 3.58. The lowest BCUT2D eigenvalue weighted by molar-refractivity contribution is -0.138. The number of fused-ring (bicyclic) bond motifs is 1. The summed E-state index contributed by atoms with van der Waals surface area (Å²) in [7, 11) is 0. The molecule has 1 saturated carbocycles.